The van der Waals surface area contributed by atoms with Crippen molar-refractivity contribution in [1.82, 2.24) is 0 Å². The van der Waals surface area contributed by atoms with E-state index < -0.39 is 45.4 Å². The molecule has 0 amide bonds. The zero-order valence-electron chi connectivity index (χ0n) is 11.3. The fourth-order valence-corrected chi connectivity index (χ4v) is 6.19. The van der Waals surface area contributed by atoms with Gasteiger partial charge >= 0.3 is 5.97 Å². The van der Waals surface area contributed by atoms with Crippen molar-refractivity contribution < 1.29 is 27.6 Å². The predicted molar refractivity (Wildman–Crippen MR) is 119 cm³/mol. The summed E-state index contributed by atoms with van der Waals surface area (Å²) in [5, 5.41) is 0. The summed E-state index contributed by atoms with van der Waals surface area (Å²) in [5.41, 5.74) is 0. The lowest BCUT2D eigenvalue weighted by Gasteiger charge is -2.41. The molecular weight excluding hydrogens is 478 g/mol. The Balaban J connectivity index is 2.99. The van der Waals surface area contributed by atoms with Gasteiger partial charge < -0.3 is 22.8 Å². The number of hydrogen-bond acceptors (Lipinski definition) is 6. The van der Waals surface area contributed by atoms with Gasteiger partial charge in [0.25, 0.3) is 0 Å². The van der Waals surface area contributed by atoms with Gasteiger partial charge in [-0.05, 0) is 7.96 Å². The van der Waals surface area contributed by atoms with Crippen LogP contribution < -0.4 is 0 Å². The average molecular weight is 498 g/mol. The molecule has 22 heavy (non-hydrogen) atoms. The van der Waals surface area contributed by atoms with Crippen LogP contribution in [0.15, 0.2) is 0 Å². The number of carbonyl (C=O) groups is 1. The van der Waals surface area contributed by atoms with E-state index in [0.29, 0.717) is 7.96 Å². The Kier molecular flexibility index (Phi) is 13.9. The molecule has 0 aromatic rings. The van der Waals surface area contributed by atoms with Crippen LogP contribution in [0.3, 0.4) is 0 Å². The van der Waals surface area contributed by atoms with Crippen LogP contribution in [0.2, 0.25) is 0 Å². The first kappa shape index (κ1) is 23.6. The molecule has 0 aliphatic carbocycles. The Bertz CT molecular complexity index is 348. The quantitative estimate of drug-likeness (QED) is 0.356. The summed E-state index contributed by atoms with van der Waals surface area (Å²) in [6, 6.07) is 0. The second-order valence-electron chi connectivity index (χ2n) is 3.92. The van der Waals surface area contributed by atoms with Gasteiger partial charge in [-0.25, -0.2) is 4.79 Å². The molecule has 130 valence electrons. The lowest BCUT2D eigenvalue weighted by molar-refractivity contribution is -0.191. The van der Waals surface area contributed by atoms with Crippen LogP contribution in [0, 0.1) is 0 Å². The van der Waals surface area contributed by atoms with E-state index in [1.165, 1.54) is 0 Å². The Hall–Kier alpha value is 3.61. The first-order valence-corrected chi connectivity index (χ1v) is 19.9. The summed E-state index contributed by atoms with van der Waals surface area (Å²) in [5.74, 6) is -0.436. The van der Waals surface area contributed by atoms with Crippen molar-refractivity contribution in [2.24, 2.45) is 0 Å². The number of carbonyl (C=O) groups excluding carboxylic acids is 1. The smallest absolute Gasteiger partial charge is 0.338 e. The maximum Gasteiger partial charge on any atom is 0.338 e. The number of cyclic esters (lactones) is 1. The minimum Gasteiger partial charge on any atom is -0.455 e. The van der Waals surface area contributed by atoms with Gasteiger partial charge in [0.1, 0.15) is 12.2 Å². The average Bonchev–Trinajstić information content (AvgIpc) is 2.46. The molecular formula is C6H20O6P10. The van der Waals surface area contributed by atoms with Gasteiger partial charge in [0.2, 0.25) is 0 Å². The van der Waals surface area contributed by atoms with E-state index in [0.717, 1.165) is 0 Å². The summed E-state index contributed by atoms with van der Waals surface area (Å²) in [6.45, 7) is 0.218. The van der Waals surface area contributed by atoms with E-state index in [1.54, 1.807) is 0 Å². The van der Waals surface area contributed by atoms with Crippen LogP contribution in [0.25, 0.3) is 0 Å². The molecule has 0 aromatic heterocycles. The number of ether oxygens (including phenoxy) is 1. The SMILES string of the molecule is O=C1O[C@H](COP)[C@@H](OPP)[C@H](OP(P)P)[C@H]1OP(P)PP. The van der Waals surface area contributed by atoms with Gasteiger partial charge in [0, 0.05) is 18.0 Å². The molecule has 13 atom stereocenters. The fourth-order valence-electron chi connectivity index (χ4n) is 1.76. The van der Waals surface area contributed by atoms with Crippen LogP contribution in [-0.4, -0.2) is 37.0 Å². The Morgan fingerprint density at radius 3 is 2.36 bits per heavy atom. The minimum atomic E-state index is -0.851. The van der Waals surface area contributed by atoms with E-state index in [1.807, 2.05) is 0 Å². The van der Waals surface area contributed by atoms with Crippen molar-refractivity contribution >= 4 is 91.6 Å². The number of esters is 1. The summed E-state index contributed by atoms with van der Waals surface area (Å²) in [7, 11) is 14.1. The van der Waals surface area contributed by atoms with Gasteiger partial charge in [-0.1, -0.05) is 35.7 Å². The van der Waals surface area contributed by atoms with E-state index >= 15 is 0 Å². The maximum atomic E-state index is 12.3. The van der Waals surface area contributed by atoms with Crippen LogP contribution in [0.4, 0.5) is 0 Å². The van der Waals surface area contributed by atoms with Gasteiger partial charge in [-0.3, -0.25) is 0 Å². The monoisotopic (exact) mass is 498 g/mol. The largest absolute Gasteiger partial charge is 0.455 e. The zero-order chi connectivity index (χ0) is 16.7. The molecule has 0 saturated carbocycles. The zero-order valence-corrected chi connectivity index (χ0v) is 22.0. The van der Waals surface area contributed by atoms with E-state index in [9.17, 15) is 4.79 Å². The highest BCUT2D eigenvalue weighted by molar-refractivity contribution is 8.59. The predicted octanol–water partition coefficient (Wildman–Crippen LogP) is 3.81. The van der Waals surface area contributed by atoms with Gasteiger partial charge in [-0.15, -0.1) is 8.93 Å². The molecule has 1 fully saturated rings. The van der Waals surface area contributed by atoms with E-state index in [2.05, 4.69) is 54.1 Å². The Labute approximate surface area is 150 Å². The molecule has 1 saturated heterocycles. The second kappa shape index (κ2) is 12.9. The normalized spacial score (nSPS) is 31.5. The van der Waals surface area contributed by atoms with Crippen molar-refractivity contribution in [2.45, 2.75) is 24.4 Å². The van der Waals surface area contributed by atoms with Crippen LogP contribution in [0.1, 0.15) is 0 Å². The van der Waals surface area contributed by atoms with E-state index in [4.69, 9.17) is 22.8 Å². The fraction of sp³-hybridized carbons (Fsp3) is 0.833. The molecule has 9 unspecified atom stereocenters. The Morgan fingerprint density at radius 2 is 1.86 bits per heavy atom. The maximum absolute atomic E-state index is 12.3. The molecule has 16 heteroatoms. The van der Waals surface area contributed by atoms with Gasteiger partial charge in [0.05, 0.1) is 21.7 Å². The summed E-state index contributed by atoms with van der Waals surface area (Å²) < 4.78 is 28.0. The molecule has 1 aliphatic rings. The lowest BCUT2D eigenvalue weighted by atomic mass is 10.0. The van der Waals surface area contributed by atoms with Crippen LogP contribution >= 0.6 is 85.6 Å². The highest BCUT2D eigenvalue weighted by Crippen LogP contribution is 2.68. The first-order chi connectivity index (χ1) is 10.4. The third-order valence-electron chi connectivity index (χ3n) is 2.55. The summed E-state index contributed by atoms with van der Waals surface area (Å²) in [6.07, 6.45) is -2.30. The van der Waals surface area contributed by atoms with Gasteiger partial charge in [-0.2, -0.15) is 0 Å². The third-order valence-corrected chi connectivity index (χ3v) is 13.2. The second-order valence-corrected chi connectivity index (χ2v) is 19.7. The lowest BCUT2D eigenvalue weighted by Crippen LogP contribution is -2.57. The molecule has 0 N–H and O–H groups in total. The van der Waals surface area contributed by atoms with Crippen molar-refractivity contribution in [2.75, 3.05) is 6.61 Å². The van der Waals surface area contributed by atoms with E-state index in [-0.39, 0.29) is 15.1 Å². The molecule has 1 heterocycles. The highest BCUT2D eigenvalue weighted by atomic mass is 32.6. The molecule has 0 aromatic carbocycles. The number of hydrogen-bond donors (Lipinski definition) is 0. The van der Waals surface area contributed by atoms with Crippen molar-refractivity contribution in [3.63, 3.8) is 0 Å². The molecule has 0 spiro atoms. The third kappa shape index (κ3) is 7.69. The summed E-state index contributed by atoms with van der Waals surface area (Å²) in [4.78, 5) is 12.3. The van der Waals surface area contributed by atoms with Crippen LogP contribution in [-0.2, 0) is 27.6 Å². The van der Waals surface area contributed by atoms with Crippen molar-refractivity contribution in [3.8, 4) is 0 Å². The van der Waals surface area contributed by atoms with Crippen molar-refractivity contribution in [1.29, 1.82) is 0 Å². The summed E-state index contributed by atoms with van der Waals surface area (Å²) >= 11 is 0. The van der Waals surface area contributed by atoms with Crippen molar-refractivity contribution in [3.05, 3.63) is 0 Å². The molecule has 6 nitrogen and oxygen atoms in total. The molecule has 1 aliphatic heterocycles. The minimum absolute atomic E-state index is 0.158. The first-order valence-electron chi connectivity index (χ1n) is 5.72. The van der Waals surface area contributed by atoms with Gasteiger partial charge in [0.15, 0.2) is 12.2 Å². The highest BCUT2D eigenvalue weighted by Gasteiger charge is 2.49. The Morgan fingerprint density at radius 1 is 1.18 bits per heavy atom. The molecule has 0 bridgehead atoms. The molecule has 0 radical (unpaired) electrons. The number of rotatable bonds is 9. The topological polar surface area (TPSA) is 63.2 Å². The molecule has 1 rings (SSSR count). The standard InChI is InChI=1S/C6H20O6P10/c7-6-5(12-22(18)20-15)4(11-21(16)17)3(10-19-14)2(9-6)1-8-13/h2-5,19-20H,1,13-18H2/t2-,3-,4+,5-,22?/m1/s1. The van der Waals surface area contributed by atoms with Crippen LogP contribution in [0.5, 0.6) is 0 Å².